The molecule has 1 aromatic carbocycles. The number of quaternary nitrogens is 1. The average molecular weight is 304 g/mol. The molecule has 2 heterocycles. The standard InChI is InChI=1S/C17H25N3O2/c1-14(17(22)20-8-4-5-9-20)18-10-12-19(13-11-18)15-6-2-3-7-16(15)21/h2-3,6-7,14,21H,4-5,8-13H2,1H3/p+1/t14-/m0/s1. The van der Waals surface area contributed by atoms with E-state index < -0.39 is 0 Å². The lowest BCUT2D eigenvalue weighted by Gasteiger charge is -2.37. The fraction of sp³-hybridized carbons (Fsp3) is 0.588. The summed E-state index contributed by atoms with van der Waals surface area (Å²) in [6.45, 7) is 7.56. The molecule has 5 nitrogen and oxygen atoms in total. The first-order chi connectivity index (χ1) is 10.7. The van der Waals surface area contributed by atoms with Gasteiger partial charge in [-0.2, -0.15) is 0 Å². The van der Waals surface area contributed by atoms with Crippen molar-refractivity contribution in [3.05, 3.63) is 24.3 Å². The largest absolute Gasteiger partial charge is 0.506 e. The number of carbonyl (C=O) groups excluding carboxylic acids is 1. The Kier molecular flexibility index (Phi) is 4.52. The number of para-hydroxylation sites is 2. The summed E-state index contributed by atoms with van der Waals surface area (Å²) in [4.78, 5) is 18.1. The van der Waals surface area contributed by atoms with Gasteiger partial charge in [-0.3, -0.25) is 4.79 Å². The predicted octanol–water partition coefficient (Wildman–Crippen LogP) is 0.108. The molecule has 2 N–H and O–H groups in total. The van der Waals surface area contributed by atoms with Gasteiger partial charge in [-0.25, -0.2) is 0 Å². The van der Waals surface area contributed by atoms with E-state index in [1.165, 1.54) is 4.90 Å². The summed E-state index contributed by atoms with van der Waals surface area (Å²) in [5, 5.41) is 9.96. The van der Waals surface area contributed by atoms with Gasteiger partial charge in [0.25, 0.3) is 5.91 Å². The number of amides is 1. The van der Waals surface area contributed by atoms with Crippen LogP contribution in [0.5, 0.6) is 5.75 Å². The van der Waals surface area contributed by atoms with Gasteiger partial charge < -0.3 is 19.8 Å². The highest BCUT2D eigenvalue weighted by atomic mass is 16.3. The van der Waals surface area contributed by atoms with Crippen LogP contribution in [0.4, 0.5) is 5.69 Å². The number of nitrogens with one attached hydrogen (secondary N) is 1. The van der Waals surface area contributed by atoms with E-state index in [1.54, 1.807) is 6.07 Å². The topological polar surface area (TPSA) is 48.2 Å². The summed E-state index contributed by atoms with van der Waals surface area (Å²) in [6.07, 6.45) is 2.30. The summed E-state index contributed by atoms with van der Waals surface area (Å²) in [5.74, 6) is 0.649. The number of hydrogen-bond donors (Lipinski definition) is 2. The molecule has 3 rings (SSSR count). The van der Waals surface area contributed by atoms with Gasteiger partial charge in [0.2, 0.25) is 0 Å². The Bertz CT molecular complexity index is 520. The van der Waals surface area contributed by atoms with E-state index in [0.717, 1.165) is 57.8 Å². The van der Waals surface area contributed by atoms with Gasteiger partial charge in [0.15, 0.2) is 6.04 Å². The molecule has 22 heavy (non-hydrogen) atoms. The zero-order chi connectivity index (χ0) is 15.5. The van der Waals surface area contributed by atoms with Crippen molar-refractivity contribution in [2.24, 2.45) is 0 Å². The maximum absolute atomic E-state index is 12.5. The van der Waals surface area contributed by atoms with Crippen molar-refractivity contribution in [1.29, 1.82) is 0 Å². The number of rotatable bonds is 3. The minimum absolute atomic E-state index is 0.0459. The first-order valence-electron chi connectivity index (χ1n) is 8.33. The minimum atomic E-state index is 0.0459. The quantitative estimate of drug-likeness (QED) is 0.833. The van der Waals surface area contributed by atoms with Gasteiger partial charge >= 0.3 is 0 Å². The highest BCUT2D eigenvalue weighted by Crippen LogP contribution is 2.26. The molecule has 2 aliphatic rings. The normalized spacial score (nSPS) is 21.1. The molecule has 2 fully saturated rings. The number of hydrogen-bond acceptors (Lipinski definition) is 3. The van der Waals surface area contributed by atoms with Crippen molar-refractivity contribution in [2.45, 2.75) is 25.8 Å². The summed E-state index contributed by atoms with van der Waals surface area (Å²) in [6, 6.07) is 7.53. The molecule has 0 aromatic heterocycles. The van der Waals surface area contributed by atoms with Crippen LogP contribution in [0.3, 0.4) is 0 Å². The van der Waals surface area contributed by atoms with E-state index in [9.17, 15) is 9.90 Å². The monoisotopic (exact) mass is 304 g/mol. The third kappa shape index (κ3) is 3.04. The number of piperazine rings is 1. The lowest BCUT2D eigenvalue weighted by Crippen LogP contribution is -3.19. The second-order valence-corrected chi connectivity index (χ2v) is 6.39. The van der Waals surface area contributed by atoms with Gasteiger partial charge in [0, 0.05) is 13.1 Å². The zero-order valence-corrected chi connectivity index (χ0v) is 13.3. The Balaban J connectivity index is 1.57. The van der Waals surface area contributed by atoms with Crippen molar-refractivity contribution in [3.8, 4) is 5.75 Å². The smallest absolute Gasteiger partial charge is 0.280 e. The van der Waals surface area contributed by atoms with Gasteiger partial charge in [-0.15, -0.1) is 0 Å². The van der Waals surface area contributed by atoms with E-state index in [0.29, 0.717) is 11.7 Å². The molecule has 2 aliphatic heterocycles. The maximum Gasteiger partial charge on any atom is 0.280 e. The number of benzene rings is 1. The minimum Gasteiger partial charge on any atom is -0.506 e. The summed E-state index contributed by atoms with van der Waals surface area (Å²) in [7, 11) is 0. The van der Waals surface area contributed by atoms with Crippen molar-refractivity contribution < 1.29 is 14.8 Å². The van der Waals surface area contributed by atoms with E-state index in [-0.39, 0.29) is 6.04 Å². The van der Waals surface area contributed by atoms with Crippen LogP contribution in [0.1, 0.15) is 19.8 Å². The average Bonchev–Trinajstić information content (AvgIpc) is 3.09. The van der Waals surface area contributed by atoms with Crippen LogP contribution < -0.4 is 9.80 Å². The van der Waals surface area contributed by atoms with Gasteiger partial charge in [-0.05, 0) is 31.9 Å². The van der Waals surface area contributed by atoms with E-state index in [4.69, 9.17) is 0 Å². The molecule has 0 spiro atoms. The Morgan fingerprint density at radius 2 is 1.77 bits per heavy atom. The Morgan fingerprint density at radius 3 is 2.41 bits per heavy atom. The molecule has 0 aliphatic carbocycles. The maximum atomic E-state index is 12.5. The van der Waals surface area contributed by atoms with Crippen molar-refractivity contribution in [3.63, 3.8) is 0 Å². The Labute approximate surface area is 132 Å². The van der Waals surface area contributed by atoms with Crippen molar-refractivity contribution >= 4 is 11.6 Å². The summed E-state index contributed by atoms with van der Waals surface area (Å²) >= 11 is 0. The highest BCUT2D eigenvalue weighted by molar-refractivity contribution is 5.80. The van der Waals surface area contributed by atoms with Gasteiger partial charge in [0.1, 0.15) is 5.75 Å². The molecule has 1 aromatic rings. The van der Waals surface area contributed by atoms with E-state index in [1.807, 2.05) is 23.1 Å². The predicted molar refractivity (Wildman–Crippen MR) is 86.3 cm³/mol. The molecule has 0 unspecified atom stereocenters. The third-order valence-corrected chi connectivity index (χ3v) is 5.03. The highest BCUT2D eigenvalue weighted by Gasteiger charge is 2.33. The summed E-state index contributed by atoms with van der Waals surface area (Å²) < 4.78 is 0. The van der Waals surface area contributed by atoms with Crippen molar-refractivity contribution in [2.75, 3.05) is 44.2 Å². The fourth-order valence-corrected chi connectivity index (χ4v) is 3.59. The molecule has 2 saturated heterocycles. The van der Waals surface area contributed by atoms with Crippen LogP contribution in [0.2, 0.25) is 0 Å². The molecule has 0 saturated carbocycles. The second kappa shape index (κ2) is 6.57. The number of nitrogens with zero attached hydrogens (tertiary/aromatic N) is 2. The molecule has 0 radical (unpaired) electrons. The van der Waals surface area contributed by atoms with Crippen LogP contribution in [0, 0.1) is 0 Å². The van der Waals surface area contributed by atoms with Crippen LogP contribution in [0.25, 0.3) is 0 Å². The van der Waals surface area contributed by atoms with E-state index in [2.05, 4.69) is 11.8 Å². The Morgan fingerprint density at radius 1 is 1.14 bits per heavy atom. The number of aromatic hydroxyl groups is 1. The lowest BCUT2D eigenvalue weighted by atomic mass is 10.2. The lowest BCUT2D eigenvalue weighted by molar-refractivity contribution is -0.915. The molecular formula is C17H26N3O2+. The summed E-state index contributed by atoms with van der Waals surface area (Å²) in [5.41, 5.74) is 0.903. The second-order valence-electron chi connectivity index (χ2n) is 6.39. The molecule has 5 heteroatoms. The van der Waals surface area contributed by atoms with E-state index >= 15 is 0 Å². The number of phenols is 1. The number of phenolic OH excluding ortho intramolecular Hbond substituents is 1. The van der Waals surface area contributed by atoms with Crippen LogP contribution in [0.15, 0.2) is 24.3 Å². The molecule has 1 amide bonds. The molecule has 0 bridgehead atoms. The number of likely N-dealkylation sites (tertiary alicyclic amines) is 1. The third-order valence-electron chi connectivity index (χ3n) is 5.03. The first-order valence-corrected chi connectivity index (χ1v) is 8.33. The molecular weight excluding hydrogens is 278 g/mol. The van der Waals surface area contributed by atoms with Gasteiger partial charge in [-0.1, -0.05) is 12.1 Å². The molecule has 1 atom stereocenters. The van der Waals surface area contributed by atoms with Gasteiger partial charge in [0.05, 0.1) is 31.9 Å². The van der Waals surface area contributed by atoms with Crippen molar-refractivity contribution in [1.82, 2.24) is 4.90 Å². The van der Waals surface area contributed by atoms with Crippen LogP contribution in [-0.2, 0) is 4.79 Å². The zero-order valence-electron chi connectivity index (χ0n) is 13.3. The SMILES string of the molecule is C[C@@H](C(=O)N1CCCC1)[NH+]1CCN(c2ccccc2O)CC1. The number of carbonyl (C=O) groups is 1. The number of anilines is 1. The first kappa shape index (κ1) is 15.2. The Hall–Kier alpha value is -1.75. The van der Waals surface area contributed by atoms with Crippen LogP contribution >= 0.6 is 0 Å². The van der Waals surface area contributed by atoms with Crippen LogP contribution in [-0.4, -0.2) is 61.2 Å². The fourth-order valence-electron chi connectivity index (χ4n) is 3.59. The molecule has 120 valence electrons.